The third kappa shape index (κ3) is 1.16. The Bertz CT molecular complexity index is 333. The van der Waals surface area contributed by atoms with Crippen molar-refractivity contribution in [2.45, 2.75) is 6.04 Å². The Hall–Kier alpha value is -1.22. The van der Waals surface area contributed by atoms with Crippen LogP contribution in [0.25, 0.3) is 0 Å². The summed E-state index contributed by atoms with van der Waals surface area (Å²) in [6, 6.07) is 0.0278. The number of nitrogens with zero attached hydrogens (tertiary/aromatic N) is 2. The number of halogens is 1. The number of hydrogen-bond acceptors (Lipinski definition) is 3. The molecular weight excluding hydrogens is 188 g/mol. The fraction of sp³-hybridized carbons (Fsp3) is 0.222. The highest BCUT2D eigenvalue weighted by Crippen LogP contribution is 2.34. The molecule has 3 nitrogen and oxygen atoms in total. The van der Waals surface area contributed by atoms with Gasteiger partial charge < -0.3 is 5.11 Å². The van der Waals surface area contributed by atoms with Crippen LogP contribution in [0.5, 0.6) is 0 Å². The summed E-state index contributed by atoms with van der Waals surface area (Å²) in [5.41, 5.74) is 0. The summed E-state index contributed by atoms with van der Waals surface area (Å²) in [4.78, 5) is 0. The predicted octanol–water partition coefficient (Wildman–Crippen LogP) is 1.99. The number of aliphatic hydroxyl groups excluding tert-OH is 1. The van der Waals surface area contributed by atoms with Gasteiger partial charge in [-0.1, -0.05) is 23.8 Å². The van der Waals surface area contributed by atoms with Gasteiger partial charge in [0.2, 0.25) is 0 Å². The molecule has 0 saturated carbocycles. The normalized spacial score (nSPS) is 31.0. The van der Waals surface area contributed by atoms with Crippen molar-refractivity contribution in [1.82, 2.24) is 5.01 Å². The lowest BCUT2D eigenvalue weighted by Gasteiger charge is -2.25. The van der Waals surface area contributed by atoms with Gasteiger partial charge in [0, 0.05) is 12.9 Å². The van der Waals surface area contributed by atoms with Crippen LogP contribution >= 0.6 is 11.6 Å². The molecule has 0 bridgehead atoms. The van der Waals surface area contributed by atoms with Gasteiger partial charge in [-0.05, 0) is 6.08 Å². The molecule has 68 valence electrons. The smallest absolute Gasteiger partial charge is 0.120 e. The van der Waals surface area contributed by atoms with Crippen LogP contribution in [0.15, 0.2) is 40.3 Å². The van der Waals surface area contributed by atoms with Crippen molar-refractivity contribution in [3.05, 3.63) is 35.2 Å². The average molecular weight is 197 g/mol. The largest absolute Gasteiger partial charge is 0.510 e. The first-order valence-electron chi connectivity index (χ1n) is 3.94. The first-order chi connectivity index (χ1) is 6.24. The molecule has 0 aromatic rings. The molecule has 0 saturated heterocycles. The van der Waals surface area contributed by atoms with E-state index in [1.54, 1.807) is 17.3 Å². The molecule has 1 N–H and O–H groups in total. The number of fused-ring (bicyclic) bond motifs is 1. The van der Waals surface area contributed by atoms with E-state index in [-0.39, 0.29) is 17.7 Å². The van der Waals surface area contributed by atoms with Crippen molar-refractivity contribution in [2.75, 3.05) is 0 Å². The van der Waals surface area contributed by atoms with Crippen LogP contribution in [-0.2, 0) is 0 Å². The number of rotatable bonds is 1. The predicted molar refractivity (Wildman–Crippen MR) is 52.5 cm³/mol. The maximum Gasteiger partial charge on any atom is 0.120 e. The summed E-state index contributed by atoms with van der Waals surface area (Å²) in [5, 5.41) is 15.5. The first-order valence-corrected chi connectivity index (χ1v) is 4.32. The van der Waals surface area contributed by atoms with E-state index in [0.717, 1.165) is 0 Å². The molecule has 0 spiro atoms. The highest BCUT2D eigenvalue weighted by molar-refractivity contribution is 6.31. The molecular formula is C9H9ClN2O. The zero-order chi connectivity index (χ0) is 9.42. The highest BCUT2D eigenvalue weighted by atomic mass is 35.5. The first kappa shape index (κ1) is 8.38. The highest BCUT2D eigenvalue weighted by Gasteiger charge is 2.33. The second kappa shape index (κ2) is 2.92. The molecule has 0 aromatic heterocycles. The molecule has 1 heterocycles. The van der Waals surface area contributed by atoms with Crippen molar-refractivity contribution < 1.29 is 5.11 Å². The van der Waals surface area contributed by atoms with Gasteiger partial charge in [-0.3, -0.25) is 5.01 Å². The van der Waals surface area contributed by atoms with E-state index in [9.17, 15) is 5.11 Å². The second-order valence-corrected chi connectivity index (χ2v) is 3.38. The summed E-state index contributed by atoms with van der Waals surface area (Å²) in [6.07, 6.45) is 7.24. The zero-order valence-corrected chi connectivity index (χ0v) is 7.65. The molecule has 0 radical (unpaired) electrons. The molecule has 0 amide bonds. The van der Waals surface area contributed by atoms with Gasteiger partial charge in [-0.2, -0.15) is 5.10 Å². The van der Waals surface area contributed by atoms with Crippen molar-refractivity contribution in [3.8, 4) is 0 Å². The minimum atomic E-state index is -0.0806. The summed E-state index contributed by atoms with van der Waals surface area (Å²) >= 11 is 5.77. The lowest BCUT2D eigenvalue weighted by Crippen LogP contribution is -2.28. The fourth-order valence-electron chi connectivity index (χ4n) is 1.59. The lowest BCUT2D eigenvalue weighted by atomic mass is 9.95. The molecule has 1 aliphatic carbocycles. The maximum absolute atomic E-state index is 9.62. The number of hydrogen-bond donors (Lipinski definition) is 1. The number of hydrazone groups is 1. The van der Waals surface area contributed by atoms with Crippen molar-refractivity contribution >= 4 is 18.3 Å². The van der Waals surface area contributed by atoms with Gasteiger partial charge in [0.05, 0.1) is 17.0 Å². The van der Waals surface area contributed by atoms with Crippen LogP contribution in [-0.4, -0.2) is 22.9 Å². The molecule has 2 atom stereocenters. The molecule has 4 heteroatoms. The summed E-state index contributed by atoms with van der Waals surface area (Å²) < 4.78 is 0. The van der Waals surface area contributed by atoms with E-state index in [1.165, 1.54) is 0 Å². The van der Waals surface area contributed by atoms with Crippen molar-refractivity contribution in [1.29, 1.82) is 0 Å². The minimum Gasteiger partial charge on any atom is -0.510 e. The van der Waals surface area contributed by atoms with Gasteiger partial charge in [0.1, 0.15) is 5.76 Å². The Morgan fingerprint density at radius 1 is 1.54 bits per heavy atom. The van der Waals surface area contributed by atoms with Crippen LogP contribution in [0.3, 0.4) is 0 Å². The van der Waals surface area contributed by atoms with E-state index < -0.39 is 0 Å². The molecule has 2 aliphatic rings. The van der Waals surface area contributed by atoms with Crippen LogP contribution in [0.1, 0.15) is 0 Å². The topological polar surface area (TPSA) is 35.8 Å². The fourth-order valence-corrected chi connectivity index (χ4v) is 1.79. The Balaban J connectivity index is 2.33. The Morgan fingerprint density at radius 2 is 2.31 bits per heavy atom. The monoisotopic (exact) mass is 196 g/mol. The summed E-state index contributed by atoms with van der Waals surface area (Å²) in [7, 11) is 0. The molecule has 0 fully saturated rings. The van der Waals surface area contributed by atoms with E-state index in [4.69, 9.17) is 11.6 Å². The van der Waals surface area contributed by atoms with E-state index in [1.807, 2.05) is 12.2 Å². The van der Waals surface area contributed by atoms with Gasteiger partial charge in [0.15, 0.2) is 0 Å². The average Bonchev–Trinajstić information content (AvgIpc) is 2.55. The third-order valence-corrected chi connectivity index (χ3v) is 2.60. The summed E-state index contributed by atoms with van der Waals surface area (Å²) in [6.45, 7) is 3.44. The zero-order valence-electron chi connectivity index (χ0n) is 6.89. The quantitative estimate of drug-likeness (QED) is 0.652. The number of aliphatic hydroxyl groups is 1. The van der Waals surface area contributed by atoms with E-state index in [0.29, 0.717) is 5.03 Å². The summed E-state index contributed by atoms with van der Waals surface area (Å²) in [5.74, 6) is 0.125. The van der Waals surface area contributed by atoms with Crippen LogP contribution in [0.4, 0.5) is 0 Å². The maximum atomic E-state index is 9.62. The van der Waals surface area contributed by atoms with Gasteiger partial charge in [0.25, 0.3) is 0 Å². The van der Waals surface area contributed by atoms with Crippen molar-refractivity contribution in [2.24, 2.45) is 11.0 Å². The van der Waals surface area contributed by atoms with E-state index in [2.05, 4.69) is 11.8 Å². The van der Waals surface area contributed by atoms with Gasteiger partial charge in [-0.15, -0.1) is 0 Å². The molecule has 2 rings (SSSR count). The minimum absolute atomic E-state index is 0.0278. The lowest BCUT2D eigenvalue weighted by molar-refractivity contribution is 0.270. The van der Waals surface area contributed by atoms with Crippen LogP contribution < -0.4 is 0 Å². The standard InChI is InChI=1S/C9H9ClN2O/c1-11-12-5-4-6-8(12)3-2-7(10)9(6)13/h2-6,8,13H,1H2. The van der Waals surface area contributed by atoms with Crippen LogP contribution in [0.2, 0.25) is 0 Å². The third-order valence-electron chi connectivity index (χ3n) is 2.28. The van der Waals surface area contributed by atoms with Crippen LogP contribution in [0, 0.1) is 5.92 Å². The van der Waals surface area contributed by atoms with Crippen molar-refractivity contribution in [3.63, 3.8) is 0 Å². The van der Waals surface area contributed by atoms with E-state index >= 15 is 0 Å². The molecule has 2 unspecified atom stereocenters. The van der Waals surface area contributed by atoms with Gasteiger partial charge >= 0.3 is 0 Å². The Morgan fingerprint density at radius 3 is 3.00 bits per heavy atom. The SMILES string of the molecule is C=NN1C=CC2C(O)=C(Cl)C=CC21. The Labute approximate surface area is 81.3 Å². The Kier molecular flexibility index (Phi) is 1.88. The van der Waals surface area contributed by atoms with Gasteiger partial charge in [-0.25, -0.2) is 0 Å². The molecule has 0 aromatic carbocycles. The molecule has 13 heavy (non-hydrogen) atoms. The number of allylic oxidation sites excluding steroid dienone is 2. The second-order valence-electron chi connectivity index (χ2n) is 2.97. The molecule has 1 aliphatic heterocycles.